The Hall–Kier alpha value is -2.36. The predicted octanol–water partition coefficient (Wildman–Crippen LogP) is 1.25. The van der Waals surface area contributed by atoms with Crippen molar-refractivity contribution in [3.63, 3.8) is 0 Å². The van der Waals surface area contributed by atoms with Gasteiger partial charge in [-0.15, -0.1) is 16.4 Å². The molecule has 2 amide bonds. The Kier molecular flexibility index (Phi) is 4.31. The Bertz CT molecular complexity index is 746. The number of halogens is 2. The molecule has 0 radical (unpaired) electrons. The average molecular weight is 355 g/mol. The highest BCUT2D eigenvalue weighted by atomic mass is 32.1. The van der Waals surface area contributed by atoms with Gasteiger partial charge in [-0.1, -0.05) is 11.3 Å². The van der Waals surface area contributed by atoms with E-state index in [2.05, 4.69) is 15.6 Å². The fourth-order valence-electron chi connectivity index (χ4n) is 2.68. The molecule has 1 saturated heterocycles. The molecule has 1 N–H and O–H groups in total. The Morgan fingerprint density at radius 3 is 2.96 bits per heavy atom. The molecule has 0 bridgehead atoms. The largest absolute Gasteiger partial charge is 0.354 e. The highest BCUT2D eigenvalue weighted by molar-refractivity contribution is 7.12. The summed E-state index contributed by atoms with van der Waals surface area (Å²) in [6, 6.07) is 2.60. The van der Waals surface area contributed by atoms with Crippen molar-refractivity contribution in [2.75, 3.05) is 13.6 Å². The smallest absolute Gasteiger partial charge is 0.273 e. The van der Waals surface area contributed by atoms with Gasteiger partial charge in [-0.05, 0) is 11.4 Å². The number of rotatable bonds is 4. The van der Waals surface area contributed by atoms with Crippen LogP contribution in [0.1, 0.15) is 26.6 Å². The third kappa shape index (κ3) is 3.28. The lowest BCUT2D eigenvalue weighted by Crippen LogP contribution is -2.38. The van der Waals surface area contributed by atoms with E-state index in [0.717, 1.165) is 0 Å². The molecule has 0 spiro atoms. The van der Waals surface area contributed by atoms with Crippen LogP contribution in [0.3, 0.4) is 0 Å². The minimum absolute atomic E-state index is 0.0523. The molecule has 1 fully saturated rings. The summed E-state index contributed by atoms with van der Waals surface area (Å²) in [5, 5.41) is 11.6. The molecular weight excluding hydrogens is 340 g/mol. The second-order valence-electron chi connectivity index (χ2n) is 5.53. The van der Waals surface area contributed by atoms with E-state index in [1.54, 1.807) is 17.5 Å². The van der Waals surface area contributed by atoms with Crippen LogP contribution >= 0.6 is 11.3 Å². The van der Waals surface area contributed by atoms with E-state index in [0.29, 0.717) is 4.88 Å². The summed E-state index contributed by atoms with van der Waals surface area (Å²) in [6.45, 7) is -0.567. The number of nitrogens with zero attached hydrogens (tertiary/aromatic N) is 4. The van der Waals surface area contributed by atoms with Crippen LogP contribution in [0.5, 0.6) is 0 Å². The summed E-state index contributed by atoms with van der Waals surface area (Å²) < 4.78 is 29.0. The first-order valence-electron chi connectivity index (χ1n) is 7.24. The van der Waals surface area contributed by atoms with E-state index in [9.17, 15) is 18.4 Å². The number of aromatic nitrogens is 3. The zero-order valence-electron chi connectivity index (χ0n) is 12.8. The molecule has 1 atom stereocenters. The Labute approximate surface area is 140 Å². The fraction of sp³-hybridized carbons (Fsp3) is 0.429. The molecule has 3 heterocycles. The standard InChI is InChI=1S/C14H15F2N5O2S/c1-17-12(22)10-7-20(19-18-10)6-9-5-14(15,16)8-21(9)13(23)11-3-2-4-24-11/h2-4,7,9H,5-6,8H2,1H3,(H,17,22)/t9-/m0/s1. The maximum Gasteiger partial charge on any atom is 0.273 e. The van der Waals surface area contributed by atoms with Crippen molar-refractivity contribution in [2.45, 2.75) is 24.9 Å². The molecule has 128 valence electrons. The van der Waals surface area contributed by atoms with Crippen molar-refractivity contribution < 1.29 is 18.4 Å². The van der Waals surface area contributed by atoms with Crippen molar-refractivity contribution in [2.24, 2.45) is 0 Å². The highest BCUT2D eigenvalue weighted by Gasteiger charge is 2.47. The number of carbonyl (C=O) groups excluding carboxylic acids is 2. The van der Waals surface area contributed by atoms with Crippen LogP contribution in [0.25, 0.3) is 0 Å². The molecule has 1 aliphatic heterocycles. The third-order valence-electron chi connectivity index (χ3n) is 3.77. The van der Waals surface area contributed by atoms with Gasteiger partial charge in [0.2, 0.25) is 0 Å². The van der Waals surface area contributed by atoms with Gasteiger partial charge in [0.05, 0.1) is 30.2 Å². The summed E-state index contributed by atoms with van der Waals surface area (Å²) in [5.74, 6) is -3.77. The maximum absolute atomic E-state index is 13.8. The first kappa shape index (κ1) is 16.5. The van der Waals surface area contributed by atoms with E-state index in [1.165, 1.54) is 34.2 Å². The van der Waals surface area contributed by atoms with Gasteiger partial charge in [-0.2, -0.15) is 0 Å². The number of likely N-dealkylation sites (tertiary alicyclic amines) is 1. The number of amides is 2. The van der Waals surface area contributed by atoms with Gasteiger partial charge in [-0.3, -0.25) is 9.59 Å². The molecule has 0 aliphatic carbocycles. The molecule has 2 aromatic rings. The Morgan fingerprint density at radius 2 is 2.29 bits per heavy atom. The lowest BCUT2D eigenvalue weighted by molar-refractivity contribution is 0.0118. The molecule has 24 heavy (non-hydrogen) atoms. The van der Waals surface area contributed by atoms with E-state index in [1.807, 2.05) is 0 Å². The molecule has 7 nitrogen and oxygen atoms in total. The monoisotopic (exact) mass is 355 g/mol. The minimum Gasteiger partial charge on any atom is -0.354 e. The lowest BCUT2D eigenvalue weighted by Gasteiger charge is -2.23. The fourth-order valence-corrected chi connectivity index (χ4v) is 3.35. The summed E-state index contributed by atoms with van der Waals surface area (Å²) in [5.41, 5.74) is 0.0957. The first-order valence-corrected chi connectivity index (χ1v) is 8.12. The summed E-state index contributed by atoms with van der Waals surface area (Å²) in [6.07, 6.45) is 0.933. The molecule has 0 aromatic carbocycles. The van der Waals surface area contributed by atoms with Crippen LogP contribution in [0.2, 0.25) is 0 Å². The maximum atomic E-state index is 13.8. The second-order valence-corrected chi connectivity index (χ2v) is 6.48. The van der Waals surface area contributed by atoms with Crippen molar-refractivity contribution >= 4 is 23.2 Å². The molecule has 1 aliphatic rings. The Morgan fingerprint density at radius 1 is 1.50 bits per heavy atom. The van der Waals surface area contributed by atoms with Crippen molar-refractivity contribution in [1.82, 2.24) is 25.2 Å². The summed E-state index contributed by atoms with van der Waals surface area (Å²) >= 11 is 1.21. The van der Waals surface area contributed by atoms with Gasteiger partial charge in [0, 0.05) is 13.5 Å². The average Bonchev–Trinajstić information content (AvgIpc) is 3.26. The zero-order chi connectivity index (χ0) is 17.3. The van der Waals surface area contributed by atoms with E-state index in [-0.39, 0.29) is 12.2 Å². The molecular formula is C14H15F2N5O2S. The number of carbonyl (C=O) groups is 2. The van der Waals surface area contributed by atoms with Crippen LogP contribution in [-0.4, -0.2) is 57.3 Å². The van der Waals surface area contributed by atoms with Crippen molar-refractivity contribution in [3.8, 4) is 0 Å². The van der Waals surface area contributed by atoms with Gasteiger partial charge < -0.3 is 10.2 Å². The van der Waals surface area contributed by atoms with E-state index < -0.39 is 36.7 Å². The predicted molar refractivity (Wildman–Crippen MR) is 82.1 cm³/mol. The van der Waals surface area contributed by atoms with Crippen LogP contribution < -0.4 is 5.32 Å². The topological polar surface area (TPSA) is 80.1 Å². The van der Waals surface area contributed by atoms with Crippen molar-refractivity contribution in [3.05, 3.63) is 34.3 Å². The Balaban J connectivity index is 1.78. The zero-order valence-corrected chi connectivity index (χ0v) is 13.6. The van der Waals surface area contributed by atoms with Crippen LogP contribution in [-0.2, 0) is 6.54 Å². The number of hydrogen-bond donors (Lipinski definition) is 1. The normalized spacial score (nSPS) is 19.5. The minimum atomic E-state index is -2.94. The van der Waals surface area contributed by atoms with Gasteiger partial charge in [0.25, 0.3) is 17.7 Å². The second kappa shape index (κ2) is 6.27. The molecule has 10 heteroatoms. The van der Waals surface area contributed by atoms with Gasteiger partial charge in [0.1, 0.15) is 0 Å². The molecule has 3 rings (SSSR count). The van der Waals surface area contributed by atoms with Crippen LogP contribution in [0.4, 0.5) is 8.78 Å². The number of alkyl halides is 2. The van der Waals surface area contributed by atoms with Crippen LogP contribution in [0, 0.1) is 0 Å². The molecule has 0 unspecified atom stereocenters. The van der Waals surface area contributed by atoms with Gasteiger partial charge >= 0.3 is 0 Å². The van der Waals surface area contributed by atoms with E-state index in [4.69, 9.17) is 0 Å². The number of hydrogen-bond acceptors (Lipinski definition) is 5. The molecule has 0 saturated carbocycles. The number of thiophene rings is 1. The van der Waals surface area contributed by atoms with E-state index >= 15 is 0 Å². The van der Waals surface area contributed by atoms with Crippen LogP contribution in [0.15, 0.2) is 23.7 Å². The highest BCUT2D eigenvalue weighted by Crippen LogP contribution is 2.34. The number of nitrogens with one attached hydrogen (secondary N) is 1. The molecule has 2 aromatic heterocycles. The first-order chi connectivity index (χ1) is 11.4. The SMILES string of the molecule is CNC(=O)c1cn(C[C@@H]2CC(F)(F)CN2C(=O)c2cccs2)nn1. The summed E-state index contributed by atoms with van der Waals surface area (Å²) in [4.78, 5) is 25.5. The van der Waals surface area contributed by atoms with Crippen molar-refractivity contribution in [1.29, 1.82) is 0 Å². The quantitative estimate of drug-likeness (QED) is 0.895. The lowest BCUT2D eigenvalue weighted by atomic mass is 10.2. The summed E-state index contributed by atoms with van der Waals surface area (Å²) in [7, 11) is 1.46. The van der Waals surface area contributed by atoms with Gasteiger partial charge in [-0.25, -0.2) is 13.5 Å². The van der Waals surface area contributed by atoms with Gasteiger partial charge in [0.15, 0.2) is 5.69 Å². The third-order valence-corrected chi connectivity index (χ3v) is 4.62.